The zero-order valence-electron chi connectivity index (χ0n) is 17.2. The highest BCUT2D eigenvalue weighted by molar-refractivity contribution is 7.92. The predicted molar refractivity (Wildman–Crippen MR) is 119 cm³/mol. The van der Waals surface area contributed by atoms with Crippen LogP contribution >= 0.6 is 11.6 Å². The van der Waals surface area contributed by atoms with Gasteiger partial charge in [0.2, 0.25) is 0 Å². The van der Waals surface area contributed by atoms with Crippen LogP contribution in [0.1, 0.15) is 55.5 Å². The van der Waals surface area contributed by atoms with Gasteiger partial charge in [0.15, 0.2) is 0 Å². The number of rotatable bonds is 10. The van der Waals surface area contributed by atoms with Crippen molar-refractivity contribution >= 4 is 33.2 Å². The highest BCUT2D eigenvalue weighted by atomic mass is 35.5. The molecule has 7 heteroatoms. The average Bonchev–Trinajstić information content (AvgIpc) is 2.69. The van der Waals surface area contributed by atoms with Gasteiger partial charge < -0.3 is 5.32 Å². The smallest absolute Gasteiger partial charge is 0.263 e. The van der Waals surface area contributed by atoms with E-state index in [0.29, 0.717) is 18.2 Å². The number of hydrogen-bond donors (Lipinski definition) is 2. The van der Waals surface area contributed by atoms with E-state index in [4.69, 9.17) is 11.6 Å². The molecule has 0 saturated heterocycles. The topological polar surface area (TPSA) is 75.3 Å². The molecular formula is C22H29ClN2O3S. The van der Waals surface area contributed by atoms with Gasteiger partial charge in [0.05, 0.1) is 5.02 Å². The number of sulfonamides is 1. The first-order valence-electron chi connectivity index (χ1n) is 9.94. The minimum atomic E-state index is -3.92. The molecule has 0 aromatic heterocycles. The van der Waals surface area contributed by atoms with E-state index in [0.717, 1.165) is 31.2 Å². The first-order valence-corrected chi connectivity index (χ1v) is 11.8. The molecule has 0 radical (unpaired) electrons. The van der Waals surface area contributed by atoms with E-state index in [1.165, 1.54) is 18.2 Å². The lowest BCUT2D eigenvalue weighted by atomic mass is 9.99. The van der Waals surface area contributed by atoms with E-state index < -0.39 is 10.0 Å². The summed E-state index contributed by atoms with van der Waals surface area (Å²) in [7, 11) is -3.92. The first-order chi connectivity index (χ1) is 13.8. The fraction of sp³-hybridized carbons (Fsp3) is 0.409. The molecule has 2 aromatic carbocycles. The zero-order valence-corrected chi connectivity index (χ0v) is 18.7. The Bertz CT molecular complexity index is 928. The van der Waals surface area contributed by atoms with Crippen molar-refractivity contribution in [1.29, 1.82) is 0 Å². The maximum absolute atomic E-state index is 12.8. The molecule has 2 aromatic rings. The molecule has 0 spiro atoms. The fourth-order valence-electron chi connectivity index (χ4n) is 2.96. The van der Waals surface area contributed by atoms with Crippen LogP contribution < -0.4 is 10.0 Å². The summed E-state index contributed by atoms with van der Waals surface area (Å²) in [6, 6.07) is 11.3. The van der Waals surface area contributed by atoms with E-state index in [-0.39, 0.29) is 21.4 Å². The molecule has 2 N–H and O–H groups in total. The third-order valence-corrected chi connectivity index (χ3v) is 6.74. The number of hydrogen-bond acceptors (Lipinski definition) is 3. The summed E-state index contributed by atoms with van der Waals surface area (Å²) in [5, 5.41) is 2.98. The summed E-state index contributed by atoms with van der Waals surface area (Å²) < 4.78 is 28.1. The fourth-order valence-corrected chi connectivity index (χ4v) is 4.55. The van der Waals surface area contributed by atoms with Gasteiger partial charge in [0.25, 0.3) is 15.9 Å². The van der Waals surface area contributed by atoms with Crippen molar-refractivity contribution in [2.24, 2.45) is 5.92 Å². The lowest BCUT2D eigenvalue weighted by Crippen LogP contribution is -2.29. The van der Waals surface area contributed by atoms with E-state index in [1.807, 2.05) is 19.1 Å². The Hall–Kier alpha value is -2.05. The third kappa shape index (κ3) is 6.75. The van der Waals surface area contributed by atoms with Crippen molar-refractivity contribution in [1.82, 2.24) is 5.32 Å². The molecule has 1 amide bonds. The second-order valence-electron chi connectivity index (χ2n) is 7.24. The Morgan fingerprint density at radius 2 is 1.79 bits per heavy atom. The molecule has 5 nitrogen and oxygen atoms in total. The minimum Gasteiger partial charge on any atom is -0.352 e. The van der Waals surface area contributed by atoms with Gasteiger partial charge in [-0.05, 0) is 49.6 Å². The van der Waals surface area contributed by atoms with Gasteiger partial charge in [0, 0.05) is 17.8 Å². The normalized spacial score (nSPS) is 12.4. The number of unbranched alkanes of at least 4 members (excludes halogenated alkanes) is 1. The number of nitrogens with one attached hydrogen (secondary N) is 2. The van der Waals surface area contributed by atoms with Crippen molar-refractivity contribution < 1.29 is 13.2 Å². The van der Waals surface area contributed by atoms with E-state index in [9.17, 15) is 13.2 Å². The molecule has 0 fully saturated rings. The Kier molecular flexibility index (Phi) is 8.53. The summed E-state index contributed by atoms with van der Waals surface area (Å²) in [6.07, 6.45) is 4.30. The quantitative estimate of drug-likeness (QED) is 0.523. The molecule has 0 unspecified atom stereocenters. The predicted octanol–water partition coefficient (Wildman–Crippen LogP) is 5.40. The van der Waals surface area contributed by atoms with Gasteiger partial charge in [0.1, 0.15) is 4.90 Å². The number of carbonyl (C=O) groups excluding carboxylic acids is 1. The lowest BCUT2D eigenvalue weighted by molar-refractivity contribution is 0.0945. The van der Waals surface area contributed by atoms with Gasteiger partial charge >= 0.3 is 0 Å². The maximum Gasteiger partial charge on any atom is 0.263 e. The van der Waals surface area contributed by atoms with Crippen LogP contribution in [0.2, 0.25) is 5.02 Å². The molecule has 0 saturated carbocycles. The van der Waals surface area contributed by atoms with Gasteiger partial charge in [-0.15, -0.1) is 0 Å². The lowest BCUT2D eigenvalue weighted by Gasteiger charge is -2.16. The van der Waals surface area contributed by atoms with Crippen LogP contribution in [0.5, 0.6) is 0 Å². The second kappa shape index (κ2) is 10.6. The van der Waals surface area contributed by atoms with Crippen LogP contribution in [-0.4, -0.2) is 20.9 Å². The largest absolute Gasteiger partial charge is 0.352 e. The SMILES string of the molecule is CCCC[C@H](CC)CNC(=O)c1ccc(Cl)c(S(=O)(=O)Nc2ccc(C)cc2)c1. The zero-order chi connectivity index (χ0) is 21.4. The van der Waals surface area contributed by atoms with Crippen molar-refractivity contribution in [3.63, 3.8) is 0 Å². The molecule has 0 aliphatic carbocycles. The Morgan fingerprint density at radius 3 is 2.41 bits per heavy atom. The van der Waals surface area contributed by atoms with Gasteiger partial charge in [-0.3, -0.25) is 9.52 Å². The maximum atomic E-state index is 12.8. The molecule has 0 aliphatic rings. The first kappa shape index (κ1) is 23.2. The highest BCUT2D eigenvalue weighted by Gasteiger charge is 2.21. The van der Waals surface area contributed by atoms with Crippen molar-refractivity contribution in [3.05, 3.63) is 58.6 Å². The van der Waals surface area contributed by atoms with Crippen molar-refractivity contribution in [2.45, 2.75) is 51.3 Å². The third-order valence-electron chi connectivity index (χ3n) is 4.88. The molecule has 0 heterocycles. The molecule has 0 bridgehead atoms. The summed E-state index contributed by atoms with van der Waals surface area (Å²) in [6.45, 7) is 6.74. The van der Waals surface area contributed by atoms with Gasteiger partial charge in [-0.25, -0.2) is 8.42 Å². The summed E-state index contributed by atoms with van der Waals surface area (Å²) in [5.41, 5.74) is 1.72. The number of anilines is 1. The number of halogens is 1. The summed E-state index contributed by atoms with van der Waals surface area (Å²) in [5.74, 6) is 0.112. The van der Waals surface area contributed by atoms with Gasteiger partial charge in [-0.2, -0.15) is 0 Å². The van der Waals surface area contributed by atoms with Crippen LogP contribution in [0, 0.1) is 12.8 Å². The van der Waals surface area contributed by atoms with Crippen molar-refractivity contribution in [2.75, 3.05) is 11.3 Å². The summed E-state index contributed by atoms with van der Waals surface area (Å²) in [4.78, 5) is 12.4. The molecule has 0 aliphatic heterocycles. The van der Waals surface area contributed by atoms with Gasteiger partial charge in [-0.1, -0.05) is 62.4 Å². The highest BCUT2D eigenvalue weighted by Crippen LogP contribution is 2.25. The molecular weight excluding hydrogens is 408 g/mol. The van der Waals surface area contributed by atoms with E-state index >= 15 is 0 Å². The summed E-state index contributed by atoms with van der Waals surface area (Å²) >= 11 is 6.13. The van der Waals surface area contributed by atoms with Crippen molar-refractivity contribution in [3.8, 4) is 0 Å². The standard InChI is InChI=1S/C22H29ClN2O3S/c1-4-6-7-17(5-2)15-24-22(26)18-10-13-20(23)21(14-18)29(27,28)25-19-11-8-16(3)9-12-19/h8-14,17,25H,4-7,15H2,1-3H3,(H,24,26)/t17-/m0/s1. The molecule has 1 atom stereocenters. The number of benzene rings is 2. The van der Waals surface area contributed by atoms with Crippen LogP contribution in [0.15, 0.2) is 47.4 Å². The van der Waals surface area contributed by atoms with Crippen LogP contribution in [0.25, 0.3) is 0 Å². The number of aryl methyl sites for hydroxylation is 1. The van der Waals surface area contributed by atoms with Crippen LogP contribution in [0.3, 0.4) is 0 Å². The molecule has 158 valence electrons. The monoisotopic (exact) mass is 436 g/mol. The van der Waals surface area contributed by atoms with Crippen LogP contribution in [-0.2, 0) is 10.0 Å². The average molecular weight is 437 g/mol. The van der Waals surface area contributed by atoms with E-state index in [1.54, 1.807) is 12.1 Å². The second-order valence-corrected chi connectivity index (χ2v) is 9.30. The number of amides is 1. The molecule has 2 rings (SSSR count). The number of carbonyl (C=O) groups is 1. The minimum absolute atomic E-state index is 0.0653. The Labute approximate surface area is 178 Å². The molecule has 29 heavy (non-hydrogen) atoms. The van der Waals surface area contributed by atoms with E-state index in [2.05, 4.69) is 23.9 Å². The Morgan fingerprint density at radius 1 is 1.10 bits per heavy atom. The van der Waals surface area contributed by atoms with Crippen LogP contribution in [0.4, 0.5) is 5.69 Å². The Balaban J connectivity index is 2.15.